The minimum Gasteiger partial charge on any atom is -0.478 e. The van der Waals surface area contributed by atoms with Crippen LogP contribution in [-0.4, -0.2) is 27.8 Å². The van der Waals surface area contributed by atoms with Crippen LogP contribution in [0.15, 0.2) is 12.3 Å². The van der Waals surface area contributed by atoms with E-state index < -0.39 is 5.97 Å². The van der Waals surface area contributed by atoms with Crippen LogP contribution in [0.4, 0.5) is 5.82 Å². The van der Waals surface area contributed by atoms with E-state index >= 15 is 0 Å². The van der Waals surface area contributed by atoms with Gasteiger partial charge in [0, 0.05) is 6.54 Å². The predicted molar refractivity (Wildman–Crippen MR) is 59.4 cm³/mol. The van der Waals surface area contributed by atoms with Crippen molar-refractivity contribution < 1.29 is 9.90 Å². The molecule has 0 saturated heterocycles. The van der Waals surface area contributed by atoms with Crippen molar-refractivity contribution in [3.05, 3.63) is 17.8 Å². The van der Waals surface area contributed by atoms with E-state index in [1.54, 1.807) is 0 Å². The average molecular weight is 221 g/mol. The Kier molecular flexibility index (Phi) is 3.34. The lowest BCUT2D eigenvalue weighted by Gasteiger charge is -2.11. The maximum absolute atomic E-state index is 10.9. The van der Waals surface area contributed by atoms with Crippen LogP contribution < -0.4 is 5.32 Å². The second kappa shape index (κ2) is 4.92. The summed E-state index contributed by atoms with van der Waals surface area (Å²) >= 11 is 0. The van der Waals surface area contributed by atoms with Gasteiger partial charge >= 0.3 is 5.97 Å². The highest BCUT2D eigenvalue weighted by atomic mass is 16.4. The smallest absolute Gasteiger partial charge is 0.339 e. The van der Waals surface area contributed by atoms with Crippen molar-refractivity contribution in [2.24, 2.45) is 5.92 Å². The van der Waals surface area contributed by atoms with E-state index in [-0.39, 0.29) is 5.56 Å². The highest BCUT2D eigenvalue weighted by Gasteiger charge is 2.16. The molecule has 0 amide bonds. The van der Waals surface area contributed by atoms with Gasteiger partial charge in [0.2, 0.25) is 0 Å². The summed E-state index contributed by atoms with van der Waals surface area (Å²) in [5.74, 6) is 0.0503. The molecule has 1 aliphatic carbocycles. The summed E-state index contributed by atoms with van der Waals surface area (Å²) in [5.41, 5.74) is 0.188. The third-order valence-corrected chi connectivity index (χ3v) is 2.98. The molecule has 2 rings (SSSR count). The van der Waals surface area contributed by atoms with E-state index in [0.29, 0.717) is 11.7 Å². The first-order valence-electron chi connectivity index (χ1n) is 5.56. The molecule has 0 aliphatic heterocycles. The molecule has 16 heavy (non-hydrogen) atoms. The zero-order valence-electron chi connectivity index (χ0n) is 9.02. The Morgan fingerprint density at radius 2 is 2.25 bits per heavy atom. The molecule has 86 valence electrons. The topological polar surface area (TPSA) is 75.1 Å². The summed E-state index contributed by atoms with van der Waals surface area (Å²) in [6, 6.07) is 1.46. The zero-order chi connectivity index (χ0) is 11.4. The zero-order valence-corrected chi connectivity index (χ0v) is 9.02. The first-order chi connectivity index (χ1) is 7.77. The molecule has 1 aromatic heterocycles. The first-order valence-corrected chi connectivity index (χ1v) is 5.56. The molecule has 0 radical (unpaired) electrons. The number of carbonyl (C=O) groups is 1. The number of hydrogen-bond donors (Lipinski definition) is 2. The van der Waals surface area contributed by atoms with Crippen LogP contribution in [0.3, 0.4) is 0 Å². The van der Waals surface area contributed by atoms with Crippen LogP contribution >= 0.6 is 0 Å². The molecule has 1 heterocycles. The van der Waals surface area contributed by atoms with Gasteiger partial charge in [-0.2, -0.15) is 5.10 Å². The number of carboxylic acid groups (broad SMARTS) is 1. The Bertz CT molecular complexity index is 375. The summed E-state index contributed by atoms with van der Waals surface area (Å²) in [5, 5.41) is 19.5. The highest BCUT2D eigenvalue weighted by molar-refractivity contribution is 5.92. The fourth-order valence-corrected chi connectivity index (χ4v) is 2.09. The van der Waals surface area contributed by atoms with Gasteiger partial charge in [-0.15, -0.1) is 5.10 Å². The van der Waals surface area contributed by atoms with Gasteiger partial charge in [0.1, 0.15) is 5.56 Å². The highest BCUT2D eigenvalue weighted by Crippen LogP contribution is 2.25. The molecule has 5 heteroatoms. The van der Waals surface area contributed by atoms with Crippen molar-refractivity contribution in [2.75, 3.05) is 11.9 Å². The molecule has 1 fully saturated rings. The molecule has 5 nitrogen and oxygen atoms in total. The molecule has 1 saturated carbocycles. The lowest BCUT2D eigenvalue weighted by molar-refractivity contribution is 0.0697. The van der Waals surface area contributed by atoms with Crippen molar-refractivity contribution in [3.63, 3.8) is 0 Å². The third-order valence-electron chi connectivity index (χ3n) is 2.98. The first kappa shape index (κ1) is 10.9. The second-order valence-electron chi connectivity index (χ2n) is 4.13. The van der Waals surface area contributed by atoms with Gasteiger partial charge in [0.25, 0.3) is 0 Å². The minimum absolute atomic E-state index is 0.188. The van der Waals surface area contributed by atoms with E-state index in [9.17, 15) is 4.79 Å². The minimum atomic E-state index is -0.969. The number of hydrogen-bond acceptors (Lipinski definition) is 4. The number of rotatable bonds is 4. The molecule has 1 aliphatic rings. The molecule has 0 bridgehead atoms. The maximum atomic E-state index is 10.9. The van der Waals surface area contributed by atoms with Crippen molar-refractivity contribution in [3.8, 4) is 0 Å². The number of aromatic nitrogens is 2. The van der Waals surface area contributed by atoms with Crippen molar-refractivity contribution in [2.45, 2.75) is 25.7 Å². The molecule has 0 aromatic carbocycles. The lowest BCUT2D eigenvalue weighted by atomic mass is 10.1. The summed E-state index contributed by atoms with van der Waals surface area (Å²) in [7, 11) is 0. The molecule has 1 aromatic rings. The van der Waals surface area contributed by atoms with Crippen LogP contribution in [0.1, 0.15) is 36.0 Å². The van der Waals surface area contributed by atoms with Gasteiger partial charge in [0.05, 0.1) is 6.20 Å². The van der Waals surface area contributed by atoms with Gasteiger partial charge in [-0.1, -0.05) is 12.8 Å². The quantitative estimate of drug-likeness (QED) is 0.810. The van der Waals surface area contributed by atoms with E-state index in [1.807, 2.05) is 0 Å². The number of carboxylic acids is 1. The molecular weight excluding hydrogens is 206 g/mol. The standard InChI is InChI=1S/C11H15N3O2/c15-11(16)9-5-6-13-14-10(9)12-7-8-3-1-2-4-8/h5-6,8H,1-4,7H2,(H,12,14)(H,15,16). The predicted octanol–water partition coefficient (Wildman–Crippen LogP) is 1.78. The van der Waals surface area contributed by atoms with Gasteiger partial charge in [-0.05, 0) is 24.8 Å². The normalized spacial score (nSPS) is 16.2. The third kappa shape index (κ3) is 2.48. The Hall–Kier alpha value is -1.65. The maximum Gasteiger partial charge on any atom is 0.339 e. The van der Waals surface area contributed by atoms with Gasteiger partial charge < -0.3 is 10.4 Å². The molecular formula is C11H15N3O2. The van der Waals surface area contributed by atoms with Crippen LogP contribution in [0.5, 0.6) is 0 Å². The number of anilines is 1. The van der Waals surface area contributed by atoms with Crippen LogP contribution in [-0.2, 0) is 0 Å². The van der Waals surface area contributed by atoms with Crippen LogP contribution in [0.25, 0.3) is 0 Å². The summed E-state index contributed by atoms with van der Waals surface area (Å²) in [6.45, 7) is 0.791. The second-order valence-corrected chi connectivity index (χ2v) is 4.13. The fourth-order valence-electron chi connectivity index (χ4n) is 2.09. The Labute approximate surface area is 93.9 Å². The summed E-state index contributed by atoms with van der Waals surface area (Å²) < 4.78 is 0. The molecule has 0 unspecified atom stereocenters. The van der Waals surface area contributed by atoms with Gasteiger partial charge in [-0.3, -0.25) is 0 Å². The number of aromatic carboxylic acids is 1. The Morgan fingerprint density at radius 3 is 2.94 bits per heavy atom. The fraction of sp³-hybridized carbons (Fsp3) is 0.545. The summed E-state index contributed by atoms with van der Waals surface area (Å²) in [6.07, 6.45) is 6.38. The van der Waals surface area contributed by atoms with Crippen molar-refractivity contribution in [1.82, 2.24) is 10.2 Å². The molecule has 0 spiro atoms. The van der Waals surface area contributed by atoms with Crippen LogP contribution in [0.2, 0.25) is 0 Å². The van der Waals surface area contributed by atoms with E-state index in [4.69, 9.17) is 5.11 Å². The van der Waals surface area contributed by atoms with Gasteiger partial charge in [-0.25, -0.2) is 4.79 Å². The van der Waals surface area contributed by atoms with Crippen molar-refractivity contribution in [1.29, 1.82) is 0 Å². The van der Waals surface area contributed by atoms with Crippen molar-refractivity contribution >= 4 is 11.8 Å². The Morgan fingerprint density at radius 1 is 1.50 bits per heavy atom. The monoisotopic (exact) mass is 221 g/mol. The number of nitrogens with one attached hydrogen (secondary N) is 1. The summed E-state index contributed by atoms with van der Waals surface area (Å²) in [4.78, 5) is 10.9. The SMILES string of the molecule is O=C(O)c1ccnnc1NCC1CCCC1. The van der Waals surface area contributed by atoms with Crippen LogP contribution in [0, 0.1) is 5.92 Å². The van der Waals surface area contributed by atoms with Gasteiger partial charge in [0.15, 0.2) is 5.82 Å². The van der Waals surface area contributed by atoms with E-state index in [1.165, 1.54) is 37.9 Å². The Balaban J connectivity index is 2.00. The number of nitrogens with zero attached hydrogens (tertiary/aromatic N) is 2. The van der Waals surface area contributed by atoms with E-state index in [0.717, 1.165) is 6.54 Å². The molecule has 2 N–H and O–H groups in total. The largest absolute Gasteiger partial charge is 0.478 e. The average Bonchev–Trinajstić information content (AvgIpc) is 2.79. The lowest BCUT2D eigenvalue weighted by Crippen LogP contribution is -2.15. The van der Waals surface area contributed by atoms with E-state index in [2.05, 4.69) is 15.5 Å². The molecule has 0 atom stereocenters.